The SMILES string of the molecule is CC1(C2CCC3C4CCC5CCCCC5C4CCC32C)OCCO1. The molecule has 0 aromatic rings. The van der Waals surface area contributed by atoms with Gasteiger partial charge in [-0.2, -0.15) is 0 Å². The van der Waals surface area contributed by atoms with Crippen LogP contribution in [0, 0.1) is 40.9 Å². The third-order valence-electron chi connectivity index (χ3n) is 9.37. The summed E-state index contributed by atoms with van der Waals surface area (Å²) in [7, 11) is 0. The first-order chi connectivity index (χ1) is 11.6. The summed E-state index contributed by atoms with van der Waals surface area (Å²) in [4.78, 5) is 0. The van der Waals surface area contributed by atoms with Crippen molar-refractivity contribution < 1.29 is 9.47 Å². The van der Waals surface area contributed by atoms with E-state index in [0.29, 0.717) is 11.3 Å². The minimum absolute atomic E-state index is 0.293. The van der Waals surface area contributed by atoms with Crippen molar-refractivity contribution in [1.82, 2.24) is 0 Å². The zero-order valence-electron chi connectivity index (χ0n) is 15.8. The van der Waals surface area contributed by atoms with Gasteiger partial charge in [0.1, 0.15) is 0 Å². The summed E-state index contributed by atoms with van der Waals surface area (Å²) in [6.45, 7) is 6.43. The Hall–Kier alpha value is -0.0800. The van der Waals surface area contributed by atoms with Crippen molar-refractivity contribution >= 4 is 0 Å². The largest absolute Gasteiger partial charge is 0.348 e. The van der Waals surface area contributed by atoms with Gasteiger partial charge in [0.2, 0.25) is 0 Å². The van der Waals surface area contributed by atoms with E-state index in [1.165, 1.54) is 57.8 Å². The normalized spacial score (nSPS) is 53.2. The minimum atomic E-state index is -0.293. The fourth-order valence-corrected chi connectivity index (χ4v) is 8.42. The monoisotopic (exact) mass is 332 g/mol. The van der Waals surface area contributed by atoms with Gasteiger partial charge in [-0.1, -0.05) is 26.2 Å². The van der Waals surface area contributed by atoms with Gasteiger partial charge >= 0.3 is 0 Å². The summed E-state index contributed by atoms with van der Waals surface area (Å²) >= 11 is 0. The molecule has 1 heterocycles. The quantitative estimate of drug-likeness (QED) is 0.639. The molecule has 24 heavy (non-hydrogen) atoms. The van der Waals surface area contributed by atoms with Crippen LogP contribution in [-0.4, -0.2) is 19.0 Å². The molecular weight excluding hydrogens is 296 g/mol. The van der Waals surface area contributed by atoms with Crippen LogP contribution in [-0.2, 0) is 9.47 Å². The van der Waals surface area contributed by atoms with Crippen molar-refractivity contribution in [1.29, 1.82) is 0 Å². The van der Waals surface area contributed by atoms with Crippen molar-refractivity contribution in [2.45, 2.75) is 83.8 Å². The van der Waals surface area contributed by atoms with Gasteiger partial charge in [-0.3, -0.25) is 0 Å². The van der Waals surface area contributed by atoms with Gasteiger partial charge in [0.25, 0.3) is 0 Å². The van der Waals surface area contributed by atoms with Crippen LogP contribution in [0.5, 0.6) is 0 Å². The summed E-state index contributed by atoms with van der Waals surface area (Å²) in [5.74, 6) is 5.49. The maximum atomic E-state index is 6.14. The van der Waals surface area contributed by atoms with Crippen LogP contribution < -0.4 is 0 Å². The number of hydrogen-bond donors (Lipinski definition) is 0. The molecule has 7 atom stereocenters. The first-order valence-corrected chi connectivity index (χ1v) is 10.9. The van der Waals surface area contributed by atoms with Gasteiger partial charge in [-0.15, -0.1) is 0 Å². The molecule has 5 fully saturated rings. The van der Waals surface area contributed by atoms with Crippen LogP contribution in [0.15, 0.2) is 0 Å². The lowest BCUT2D eigenvalue weighted by molar-refractivity contribution is -0.215. The van der Waals surface area contributed by atoms with Crippen LogP contribution >= 0.6 is 0 Å². The molecule has 2 heteroatoms. The maximum absolute atomic E-state index is 6.14. The maximum Gasteiger partial charge on any atom is 0.169 e. The van der Waals surface area contributed by atoms with E-state index in [0.717, 1.165) is 42.8 Å². The van der Waals surface area contributed by atoms with Crippen molar-refractivity contribution in [3.63, 3.8) is 0 Å². The third-order valence-corrected chi connectivity index (χ3v) is 9.37. The Morgan fingerprint density at radius 1 is 0.708 bits per heavy atom. The molecule has 0 bridgehead atoms. The Bertz CT molecular complexity index is 482. The number of fused-ring (bicyclic) bond motifs is 5. The molecule has 1 aliphatic heterocycles. The first-order valence-electron chi connectivity index (χ1n) is 10.9. The highest BCUT2D eigenvalue weighted by molar-refractivity contribution is 5.08. The van der Waals surface area contributed by atoms with Crippen LogP contribution in [0.1, 0.15) is 78.1 Å². The molecule has 4 aliphatic carbocycles. The lowest BCUT2D eigenvalue weighted by Gasteiger charge is -2.56. The molecule has 5 rings (SSSR count). The van der Waals surface area contributed by atoms with Gasteiger partial charge in [0, 0.05) is 5.92 Å². The van der Waals surface area contributed by atoms with Crippen LogP contribution in [0.4, 0.5) is 0 Å². The zero-order valence-corrected chi connectivity index (χ0v) is 15.8. The average Bonchev–Trinajstić information content (AvgIpc) is 3.18. The van der Waals surface area contributed by atoms with Gasteiger partial charge in [-0.25, -0.2) is 0 Å². The molecule has 0 spiro atoms. The van der Waals surface area contributed by atoms with Crippen LogP contribution in [0.3, 0.4) is 0 Å². The second-order valence-electron chi connectivity index (χ2n) is 10.1. The Kier molecular flexibility index (Phi) is 3.83. The van der Waals surface area contributed by atoms with Crippen LogP contribution in [0.2, 0.25) is 0 Å². The Labute approximate surface area is 148 Å². The average molecular weight is 333 g/mol. The predicted molar refractivity (Wildman–Crippen MR) is 95.5 cm³/mol. The standard InChI is InChI=1S/C22H36O2/c1-21-12-11-17-16-6-4-3-5-15(16)7-8-18(17)19(21)9-10-20(21)22(2)23-13-14-24-22/h15-20H,3-14H2,1-2H3. The lowest BCUT2D eigenvalue weighted by atomic mass is 9.49. The Morgan fingerprint density at radius 2 is 1.50 bits per heavy atom. The molecule has 136 valence electrons. The highest BCUT2D eigenvalue weighted by Crippen LogP contribution is 2.66. The molecule has 0 amide bonds. The highest BCUT2D eigenvalue weighted by Gasteiger charge is 2.61. The minimum Gasteiger partial charge on any atom is -0.348 e. The van der Waals surface area contributed by atoms with E-state index in [4.69, 9.17) is 9.47 Å². The molecule has 0 aromatic heterocycles. The summed E-state index contributed by atoms with van der Waals surface area (Å²) in [5.41, 5.74) is 0.460. The summed E-state index contributed by atoms with van der Waals surface area (Å²) in [6, 6.07) is 0. The van der Waals surface area contributed by atoms with E-state index in [2.05, 4.69) is 13.8 Å². The van der Waals surface area contributed by atoms with Gasteiger partial charge in [0.15, 0.2) is 5.79 Å². The molecule has 5 aliphatic rings. The number of rotatable bonds is 1. The van der Waals surface area contributed by atoms with Crippen molar-refractivity contribution in [3.05, 3.63) is 0 Å². The van der Waals surface area contributed by atoms with Crippen molar-refractivity contribution in [2.75, 3.05) is 13.2 Å². The zero-order chi connectivity index (χ0) is 16.4. The van der Waals surface area contributed by atoms with Gasteiger partial charge < -0.3 is 9.47 Å². The van der Waals surface area contributed by atoms with Gasteiger partial charge in [0.05, 0.1) is 13.2 Å². The molecule has 0 radical (unpaired) electrons. The van der Waals surface area contributed by atoms with Crippen molar-refractivity contribution in [2.24, 2.45) is 40.9 Å². The molecule has 4 saturated carbocycles. The molecule has 2 nitrogen and oxygen atoms in total. The number of hydrogen-bond acceptors (Lipinski definition) is 2. The highest BCUT2D eigenvalue weighted by atomic mass is 16.7. The summed E-state index contributed by atoms with van der Waals surface area (Å²) < 4.78 is 12.3. The van der Waals surface area contributed by atoms with E-state index in [9.17, 15) is 0 Å². The topological polar surface area (TPSA) is 18.5 Å². The third kappa shape index (κ3) is 2.21. The number of ether oxygens (including phenoxy) is 2. The van der Waals surface area contributed by atoms with Crippen molar-refractivity contribution in [3.8, 4) is 0 Å². The Balaban J connectivity index is 1.40. The van der Waals surface area contributed by atoms with Crippen LogP contribution in [0.25, 0.3) is 0 Å². The molecule has 0 aromatic carbocycles. The van der Waals surface area contributed by atoms with E-state index >= 15 is 0 Å². The second-order valence-corrected chi connectivity index (χ2v) is 10.1. The van der Waals surface area contributed by atoms with E-state index in [1.807, 2.05) is 0 Å². The Morgan fingerprint density at radius 3 is 2.33 bits per heavy atom. The summed E-state index contributed by atoms with van der Waals surface area (Å²) in [6.07, 6.45) is 14.8. The first kappa shape index (κ1) is 16.1. The molecular formula is C22H36O2. The van der Waals surface area contributed by atoms with Gasteiger partial charge in [-0.05, 0) is 86.9 Å². The smallest absolute Gasteiger partial charge is 0.169 e. The fraction of sp³-hybridized carbons (Fsp3) is 1.00. The molecule has 7 unspecified atom stereocenters. The molecule has 0 N–H and O–H groups in total. The predicted octanol–water partition coefficient (Wildman–Crippen LogP) is 5.41. The molecule has 1 saturated heterocycles. The van der Waals surface area contributed by atoms with E-state index in [1.54, 1.807) is 6.42 Å². The van der Waals surface area contributed by atoms with E-state index < -0.39 is 0 Å². The fourth-order valence-electron chi connectivity index (χ4n) is 8.42. The van der Waals surface area contributed by atoms with E-state index in [-0.39, 0.29) is 5.79 Å². The lowest BCUT2D eigenvalue weighted by Crippen LogP contribution is -2.51. The summed E-state index contributed by atoms with van der Waals surface area (Å²) in [5, 5.41) is 0. The second kappa shape index (κ2) is 5.71.